The minimum absolute atomic E-state index is 0.00248. The molecule has 3 saturated carbocycles. The molecule has 0 aromatic carbocycles. The molecule has 0 spiro atoms. The third kappa shape index (κ3) is 2.51. The van der Waals surface area contributed by atoms with Gasteiger partial charge in [0.1, 0.15) is 0 Å². The number of halogens is 3. The molecule has 4 fully saturated rings. The van der Waals surface area contributed by atoms with Gasteiger partial charge in [0, 0.05) is 16.7 Å². The number of Topliss-reactive ketones (excluding diaryl/α,β-unsaturated/α-hetero) is 1. The van der Waals surface area contributed by atoms with Gasteiger partial charge in [-0.1, -0.05) is 41.8 Å². The molecule has 8 heteroatoms. The highest BCUT2D eigenvalue weighted by Gasteiger charge is 2.80. The molecular formula is C24H29Cl2FO5. The number of fused-ring (bicyclic) bond motifs is 7. The fraction of sp³-hybridized carbons (Fsp3) is 0.750. The number of hydrogen-bond acceptors (Lipinski definition) is 5. The topological polar surface area (TPSA) is 72.8 Å². The lowest BCUT2D eigenvalue weighted by atomic mass is 9.44. The number of allylic oxidation sites excluding steroid dienone is 4. The average Bonchev–Trinajstić information content (AvgIpc) is 3.09. The quantitative estimate of drug-likeness (QED) is 0.591. The highest BCUT2D eigenvalue weighted by Crippen LogP contribution is 2.72. The minimum Gasteiger partial charge on any atom is -0.390 e. The molecule has 1 heterocycles. The van der Waals surface area contributed by atoms with E-state index in [1.807, 2.05) is 6.92 Å². The normalized spacial score (nSPS) is 51.0. The van der Waals surface area contributed by atoms with Crippen molar-refractivity contribution in [2.24, 2.45) is 22.7 Å². The lowest BCUT2D eigenvalue weighted by molar-refractivity contribution is -0.245. The van der Waals surface area contributed by atoms with Crippen LogP contribution < -0.4 is 0 Å². The average molecular weight is 487 g/mol. The number of ketones is 2. The largest absolute Gasteiger partial charge is 0.390 e. The van der Waals surface area contributed by atoms with Gasteiger partial charge < -0.3 is 14.6 Å². The zero-order valence-electron chi connectivity index (χ0n) is 18.7. The van der Waals surface area contributed by atoms with E-state index in [2.05, 4.69) is 0 Å². The summed E-state index contributed by atoms with van der Waals surface area (Å²) in [6.45, 7) is 7.11. The van der Waals surface area contributed by atoms with Gasteiger partial charge in [-0.15, -0.1) is 0 Å². The van der Waals surface area contributed by atoms with Crippen LogP contribution in [0.2, 0.25) is 0 Å². The maximum Gasteiger partial charge on any atom is 0.200 e. The van der Waals surface area contributed by atoms with Crippen molar-refractivity contribution in [3.8, 4) is 0 Å². The summed E-state index contributed by atoms with van der Waals surface area (Å²) in [6.07, 6.45) is 3.92. The molecule has 176 valence electrons. The Kier molecular flexibility index (Phi) is 4.78. The number of alkyl halides is 3. The number of aliphatic hydroxyl groups excluding tert-OH is 1. The monoisotopic (exact) mass is 486 g/mol. The van der Waals surface area contributed by atoms with Crippen LogP contribution in [0.15, 0.2) is 23.8 Å². The molecule has 0 bridgehead atoms. The number of ether oxygens (including phenoxy) is 2. The fourth-order valence-corrected chi connectivity index (χ4v) is 8.23. The van der Waals surface area contributed by atoms with Crippen LogP contribution in [-0.2, 0) is 19.1 Å². The number of hydrogen-bond donors (Lipinski definition) is 1. The van der Waals surface area contributed by atoms with E-state index < -0.39 is 56.6 Å². The maximum absolute atomic E-state index is 17.2. The minimum atomic E-state index is -1.99. The van der Waals surface area contributed by atoms with Crippen LogP contribution in [0.3, 0.4) is 0 Å². The summed E-state index contributed by atoms with van der Waals surface area (Å²) in [5.41, 5.74) is -4.76. The van der Waals surface area contributed by atoms with Crippen molar-refractivity contribution >= 4 is 34.8 Å². The fourth-order valence-electron chi connectivity index (χ4n) is 7.91. The molecule has 32 heavy (non-hydrogen) atoms. The molecule has 0 radical (unpaired) electrons. The second kappa shape index (κ2) is 6.66. The Morgan fingerprint density at radius 2 is 1.94 bits per heavy atom. The molecule has 8 atom stereocenters. The Morgan fingerprint density at radius 3 is 2.59 bits per heavy atom. The van der Waals surface area contributed by atoms with Crippen LogP contribution in [-0.4, -0.2) is 50.8 Å². The first-order chi connectivity index (χ1) is 14.7. The molecule has 0 unspecified atom stereocenters. The van der Waals surface area contributed by atoms with E-state index in [4.69, 9.17) is 32.7 Å². The lowest BCUT2D eigenvalue weighted by Crippen LogP contribution is -2.70. The standard InChI is InChI=1S/C24H29Cl2FO5/c1-20(2)31-17-10-15-14-6-5-12-9-13(28)7-8-21(12,3)23(14,27)16(29)11-22(15,4)24(17,32-20)18(30)19(25)26/h7-9,14-17,19,29H,5-6,10-11H2,1-4H3/t14-,15-,16-,17+,21-,22-,23-,24-/m0/s1. The number of aliphatic hydroxyl groups is 1. The summed E-state index contributed by atoms with van der Waals surface area (Å²) >= 11 is 12.2. The van der Waals surface area contributed by atoms with Crippen molar-refractivity contribution in [3.63, 3.8) is 0 Å². The van der Waals surface area contributed by atoms with Gasteiger partial charge in [-0.3, -0.25) is 9.59 Å². The summed E-state index contributed by atoms with van der Waals surface area (Å²) in [4.78, 5) is 24.1. The van der Waals surface area contributed by atoms with Gasteiger partial charge in [0.2, 0.25) is 5.78 Å². The van der Waals surface area contributed by atoms with E-state index in [0.717, 1.165) is 0 Å². The van der Waals surface area contributed by atoms with E-state index in [9.17, 15) is 14.7 Å². The van der Waals surface area contributed by atoms with Crippen molar-refractivity contribution in [2.75, 3.05) is 0 Å². The van der Waals surface area contributed by atoms with Gasteiger partial charge in [0.05, 0.1) is 12.2 Å². The lowest BCUT2D eigenvalue weighted by Gasteiger charge is -2.62. The zero-order chi connectivity index (χ0) is 23.5. The Labute approximate surface area is 197 Å². The molecule has 5 rings (SSSR count). The van der Waals surface area contributed by atoms with Crippen LogP contribution in [0.4, 0.5) is 4.39 Å². The molecule has 4 aliphatic carbocycles. The van der Waals surface area contributed by atoms with E-state index in [-0.39, 0.29) is 18.1 Å². The van der Waals surface area contributed by atoms with E-state index >= 15 is 4.39 Å². The second-order valence-electron chi connectivity index (χ2n) is 11.0. The van der Waals surface area contributed by atoms with E-state index in [1.54, 1.807) is 26.8 Å². The highest BCUT2D eigenvalue weighted by atomic mass is 35.5. The van der Waals surface area contributed by atoms with Crippen LogP contribution in [0.1, 0.15) is 53.4 Å². The molecule has 1 aliphatic heterocycles. The van der Waals surface area contributed by atoms with Gasteiger partial charge in [-0.05, 0) is 64.5 Å². The summed E-state index contributed by atoms with van der Waals surface area (Å²) < 4.78 is 29.7. The maximum atomic E-state index is 17.2. The summed E-state index contributed by atoms with van der Waals surface area (Å²) in [5, 5.41) is 11.4. The van der Waals surface area contributed by atoms with Gasteiger partial charge in [0.25, 0.3) is 0 Å². The van der Waals surface area contributed by atoms with Gasteiger partial charge in [0.15, 0.2) is 27.7 Å². The first-order valence-electron chi connectivity index (χ1n) is 11.2. The third-order valence-electron chi connectivity index (χ3n) is 9.20. The zero-order valence-corrected chi connectivity index (χ0v) is 20.2. The second-order valence-corrected chi connectivity index (χ2v) is 12.1. The van der Waals surface area contributed by atoms with Gasteiger partial charge in [-0.2, -0.15) is 0 Å². The molecule has 1 N–H and O–H groups in total. The van der Waals surface area contributed by atoms with E-state index in [1.165, 1.54) is 12.2 Å². The van der Waals surface area contributed by atoms with Crippen molar-refractivity contribution in [1.29, 1.82) is 0 Å². The SMILES string of the molecule is CC1(C)O[C@@H]2C[C@H]3[C@@H]4CCC5=CC(=O)C=C[C@]5(C)[C@@]4(F)[C@@H](O)C[C@]3(C)[C@]2(C(=O)C(Cl)Cl)O1. The Balaban J connectivity index is 1.64. The molecular weight excluding hydrogens is 458 g/mol. The number of carbonyl (C=O) groups excluding carboxylic acids is 2. The highest BCUT2D eigenvalue weighted by molar-refractivity contribution is 6.54. The third-order valence-corrected chi connectivity index (χ3v) is 9.59. The Bertz CT molecular complexity index is 962. The van der Waals surface area contributed by atoms with Crippen molar-refractivity contribution in [2.45, 2.75) is 87.5 Å². The molecule has 5 nitrogen and oxygen atoms in total. The van der Waals surface area contributed by atoms with Crippen molar-refractivity contribution in [1.82, 2.24) is 0 Å². The number of rotatable bonds is 2. The number of carbonyl (C=O) groups is 2. The van der Waals surface area contributed by atoms with Crippen molar-refractivity contribution < 1.29 is 28.6 Å². The van der Waals surface area contributed by atoms with Crippen molar-refractivity contribution in [3.05, 3.63) is 23.8 Å². The summed E-state index contributed by atoms with van der Waals surface area (Å²) in [5.74, 6) is -2.53. The molecule has 0 amide bonds. The Morgan fingerprint density at radius 1 is 1.25 bits per heavy atom. The molecule has 1 saturated heterocycles. The first-order valence-corrected chi connectivity index (χ1v) is 12.1. The first kappa shape index (κ1) is 23.0. The smallest absolute Gasteiger partial charge is 0.200 e. The van der Waals surface area contributed by atoms with Crippen LogP contribution >= 0.6 is 23.2 Å². The van der Waals surface area contributed by atoms with Crippen LogP contribution in [0.25, 0.3) is 0 Å². The van der Waals surface area contributed by atoms with Crippen LogP contribution in [0.5, 0.6) is 0 Å². The molecule has 0 aromatic heterocycles. The molecule has 5 aliphatic rings. The predicted octanol–water partition coefficient (Wildman–Crippen LogP) is 4.23. The summed E-state index contributed by atoms with van der Waals surface area (Å²) in [6, 6.07) is 0. The summed E-state index contributed by atoms with van der Waals surface area (Å²) in [7, 11) is 0. The molecule has 0 aromatic rings. The van der Waals surface area contributed by atoms with E-state index in [0.29, 0.717) is 24.8 Å². The van der Waals surface area contributed by atoms with Gasteiger partial charge >= 0.3 is 0 Å². The predicted molar refractivity (Wildman–Crippen MR) is 117 cm³/mol. The Hall–Kier alpha value is -0.790. The van der Waals surface area contributed by atoms with Gasteiger partial charge in [-0.25, -0.2) is 4.39 Å². The van der Waals surface area contributed by atoms with Crippen LogP contribution in [0, 0.1) is 22.7 Å².